The lowest BCUT2D eigenvalue weighted by Gasteiger charge is -2.49. The summed E-state index contributed by atoms with van der Waals surface area (Å²) in [7, 11) is 0. The number of aromatic carboxylic acids is 1. The molecule has 0 amide bonds. The number of para-hydroxylation sites is 1. The number of aromatic nitrogens is 2. The molecule has 8 rings (SSSR count). The number of thiazole rings is 1. The van der Waals surface area contributed by atoms with E-state index in [0.717, 1.165) is 31.7 Å². The van der Waals surface area contributed by atoms with Gasteiger partial charge in [-0.2, -0.15) is 0 Å². The molecule has 2 saturated carbocycles. The largest absolute Gasteiger partial charge is 0.573 e. The fourth-order valence-electron chi connectivity index (χ4n) is 6.13. The van der Waals surface area contributed by atoms with Crippen molar-refractivity contribution in [2.75, 3.05) is 11.4 Å². The Hall–Kier alpha value is -3.71. The second-order valence-corrected chi connectivity index (χ2v) is 12.0. The Morgan fingerprint density at radius 2 is 1.98 bits per heavy atom. The Bertz CT molecular complexity index is 1670. The number of fused-ring (bicyclic) bond motifs is 4. The maximum absolute atomic E-state index is 14.6. The Balaban J connectivity index is 1.10. The van der Waals surface area contributed by atoms with E-state index in [0.29, 0.717) is 34.1 Å². The van der Waals surface area contributed by atoms with E-state index in [-0.39, 0.29) is 58.7 Å². The molecule has 0 spiro atoms. The van der Waals surface area contributed by atoms with Crippen LogP contribution < -0.4 is 9.64 Å². The predicted octanol–water partition coefficient (Wildman–Crippen LogP) is 7.14. The van der Waals surface area contributed by atoms with Gasteiger partial charge in [0.15, 0.2) is 10.9 Å². The summed E-state index contributed by atoms with van der Waals surface area (Å²) in [5, 5.41) is 14.1. The molecule has 2 aromatic carbocycles. The van der Waals surface area contributed by atoms with Crippen LogP contribution in [0.5, 0.6) is 5.75 Å². The SMILES string of the molecule is O=C(O)c1cc(F)c2nc(N3C[C@@H]4CC[C@H]3C[C@@H]4OCc3c(-c4ccccc4OC(F)(F)F)noc3C3CC3)sc2c1. The van der Waals surface area contributed by atoms with Gasteiger partial charge in [0.05, 0.1) is 23.0 Å². The lowest BCUT2D eigenvalue weighted by molar-refractivity contribution is -0.274. The molecule has 2 aromatic heterocycles. The van der Waals surface area contributed by atoms with Gasteiger partial charge in [-0.3, -0.25) is 0 Å². The molecule has 13 heteroatoms. The van der Waals surface area contributed by atoms with Gasteiger partial charge in [-0.15, -0.1) is 13.2 Å². The molecule has 4 aliphatic rings. The van der Waals surface area contributed by atoms with Crippen molar-refractivity contribution in [3.63, 3.8) is 0 Å². The molecule has 3 atom stereocenters. The molecule has 8 nitrogen and oxygen atoms in total. The summed E-state index contributed by atoms with van der Waals surface area (Å²) >= 11 is 1.28. The lowest BCUT2D eigenvalue weighted by Crippen LogP contribution is -2.55. The summed E-state index contributed by atoms with van der Waals surface area (Å²) in [5.74, 6) is -1.23. The van der Waals surface area contributed by atoms with Crippen LogP contribution in [0.2, 0.25) is 0 Å². The molecule has 4 aromatic rings. The number of alkyl halides is 3. The van der Waals surface area contributed by atoms with Gasteiger partial charge < -0.3 is 24.0 Å². The molecular weight excluding hydrogens is 578 g/mol. The Labute approximate surface area is 240 Å². The van der Waals surface area contributed by atoms with Crippen molar-refractivity contribution in [2.24, 2.45) is 5.92 Å². The minimum absolute atomic E-state index is 0.0961. The minimum atomic E-state index is -4.85. The zero-order valence-electron chi connectivity index (χ0n) is 22.1. The predicted molar refractivity (Wildman–Crippen MR) is 144 cm³/mol. The molecule has 2 saturated heterocycles. The molecular formula is C29H25F4N3O5S. The molecule has 0 radical (unpaired) electrons. The number of piperidine rings is 2. The van der Waals surface area contributed by atoms with Crippen LogP contribution in [0.4, 0.5) is 22.7 Å². The van der Waals surface area contributed by atoms with Crippen LogP contribution in [0, 0.1) is 11.7 Å². The van der Waals surface area contributed by atoms with Gasteiger partial charge in [-0.1, -0.05) is 28.6 Å². The smallest absolute Gasteiger partial charge is 0.478 e. The summed E-state index contributed by atoms with van der Waals surface area (Å²) in [6.45, 7) is 0.792. The van der Waals surface area contributed by atoms with Crippen LogP contribution in [-0.2, 0) is 11.3 Å². The third-order valence-corrected chi connectivity index (χ3v) is 9.32. The Kier molecular flexibility index (Phi) is 6.61. The Morgan fingerprint density at radius 1 is 1.17 bits per heavy atom. The molecule has 220 valence electrons. The van der Waals surface area contributed by atoms with Gasteiger partial charge in [-0.25, -0.2) is 14.2 Å². The first-order valence-corrected chi connectivity index (χ1v) is 14.5. The van der Waals surface area contributed by atoms with E-state index in [1.165, 1.54) is 35.6 Å². The van der Waals surface area contributed by atoms with Crippen molar-refractivity contribution < 1.29 is 41.5 Å². The van der Waals surface area contributed by atoms with Crippen LogP contribution in [0.1, 0.15) is 59.7 Å². The number of nitrogens with zero attached hydrogens (tertiary/aromatic N) is 3. The number of carbonyl (C=O) groups is 1. The fraction of sp³-hybridized carbons (Fsp3) is 0.414. The van der Waals surface area contributed by atoms with Crippen molar-refractivity contribution in [3.8, 4) is 17.0 Å². The minimum Gasteiger partial charge on any atom is -0.478 e. The van der Waals surface area contributed by atoms with E-state index >= 15 is 0 Å². The third kappa shape index (κ3) is 5.08. The van der Waals surface area contributed by atoms with Gasteiger partial charge >= 0.3 is 12.3 Å². The monoisotopic (exact) mass is 603 g/mol. The standard InChI is InChI=1S/C29H25F4N3O5S/c30-20-9-16(27(37)38)10-23-25(20)34-28(42-23)36-12-15-7-8-17(36)11-22(15)39-13-19-24(35-41-26(19)14-5-6-14)18-3-1-2-4-21(18)40-29(31,32)33/h1-4,9-10,14-15,17,22H,5-8,11-13H2,(H,37,38)/t15-,17-,22-/m0/s1. The highest BCUT2D eigenvalue weighted by atomic mass is 32.1. The fourth-order valence-corrected chi connectivity index (χ4v) is 7.23. The van der Waals surface area contributed by atoms with Gasteiger partial charge in [0, 0.05) is 35.5 Å². The summed E-state index contributed by atoms with van der Waals surface area (Å²) < 4.78 is 70.8. The molecule has 1 N–H and O–H groups in total. The van der Waals surface area contributed by atoms with Crippen LogP contribution in [-0.4, -0.2) is 46.3 Å². The number of rotatable bonds is 8. The maximum atomic E-state index is 14.6. The van der Waals surface area contributed by atoms with Gasteiger partial charge in [0.2, 0.25) is 0 Å². The molecule has 0 unspecified atom stereocenters. The lowest BCUT2D eigenvalue weighted by atomic mass is 9.78. The quantitative estimate of drug-likeness (QED) is 0.212. The van der Waals surface area contributed by atoms with Gasteiger partial charge in [-0.05, 0) is 56.4 Å². The van der Waals surface area contributed by atoms with E-state index in [9.17, 15) is 27.5 Å². The average molecular weight is 604 g/mol. The number of benzene rings is 2. The summed E-state index contributed by atoms with van der Waals surface area (Å²) in [4.78, 5) is 18.0. The highest BCUT2D eigenvalue weighted by molar-refractivity contribution is 7.22. The summed E-state index contributed by atoms with van der Waals surface area (Å²) in [6.07, 6.45) is -0.557. The average Bonchev–Trinajstić information content (AvgIpc) is 3.56. The Morgan fingerprint density at radius 3 is 2.69 bits per heavy atom. The third-order valence-electron chi connectivity index (χ3n) is 8.28. The highest BCUT2D eigenvalue weighted by Crippen LogP contribution is 2.47. The molecule has 42 heavy (non-hydrogen) atoms. The van der Waals surface area contributed by atoms with Crippen LogP contribution >= 0.6 is 11.3 Å². The van der Waals surface area contributed by atoms with Crippen LogP contribution in [0.15, 0.2) is 40.9 Å². The molecule has 4 heterocycles. The highest BCUT2D eigenvalue weighted by Gasteiger charge is 2.43. The van der Waals surface area contributed by atoms with E-state index < -0.39 is 18.1 Å². The van der Waals surface area contributed by atoms with Crippen molar-refractivity contribution in [2.45, 2.75) is 63.1 Å². The number of ether oxygens (including phenoxy) is 2. The van der Waals surface area contributed by atoms with Gasteiger partial charge in [0.1, 0.15) is 22.7 Å². The first-order valence-electron chi connectivity index (χ1n) is 13.7. The van der Waals surface area contributed by atoms with E-state index in [2.05, 4.69) is 19.8 Å². The van der Waals surface area contributed by atoms with Crippen molar-refractivity contribution in [1.82, 2.24) is 10.1 Å². The second kappa shape index (κ2) is 10.2. The topological polar surface area (TPSA) is 97.9 Å². The zero-order valence-corrected chi connectivity index (χ0v) is 22.9. The van der Waals surface area contributed by atoms with E-state index in [1.807, 2.05) is 0 Å². The normalized spacial score (nSPS) is 22.2. The first kappa shape index (κ1) is 27.1. The van der Waals surface area contributed by atoms with Crippen molar-refractivity contribution in [1.29, 1.82) is 0 Å². The first-order chi connectivity index (χ1) is 20.1. The zero-order chi connectivity index (χ0) is 29.2. The van der Waals surface area contributed by atoms with Crippen LogP contribution in [0.3, 0.4) is 0 Å². The number of anilines is 1. The number of carboxylic acids is 1. The number of halogens is 4. The van der Waals surface area contributed by atoms with E-state index in [1.54, 1.807) is 6.07 Å². The maximum Gasteiger partial charge on any atom is 0.573 e. The number of hydrogen-bond donors (Lipinski definition) is 1. The molecule has 2 aliphatic heterocycles. The van der Waals surface area contributed by atoms with Crippen molar-refractivity contribution >= 4 is 32.7 Å². The molecule has 2 bridgehead atoms. The molecule has 4 fully saturated rings. The summed E-state index contributed by atoms with van der Waals surface area (Å²) in [5.41, 5.74) is 1.17. The number of carboxylic acid groups (broad SMARTS) is 1. The second-order valence-electron chi connectivity index (χ2n) is 11.0. The van der Waals surface area contributed by atoms with Crippen molar-refractivity contribution in [3.05, 3.63) is 59.1 Å². The molecule has 2 aliphatic carbocycles. The number of hydrogen-bond acceptors (Lipinski definition) is 8. The van der Waals surface area contributed by atoms with E-state index in [4.69, 9.17) is 9.26 Å². The van der Waals surface area contributed by atoms with Crippen LogP contribution in [0.25, 0.3) is 21.5 Å². The summed E-state index contributed by atoms with van der Waals surface area (Å²) in [6, 6.07) is 8.42. The van der Waals surface area contributed by atoms with Gasteiger partial charge in [0.25, 0.3) is 0 Å².